The topological polar surface area (TPSA) is 36.9 Å². The van der Waals surface area contributed by atoms with Crippen LogP contribution in [0.15, 0.2) is 54.6 Å². The Morgan fingerprint density at radius 1 is 1.00 bits per heavy atom. The predicted molar refractivity (Wildman–Crippen MR) is 76.1 cm³/mol. The van der Waals surface area contributed by atoms with Gasteiger partial charge in [-0.1, -0.05) is 42.5 Å². The first kappa shape index (κ1) is 11.7. The van der Waals surface area contributed by atoms with Crippen LogP contribution in [0.5, 0.6) is 0 Å². The molecule has 1 fully saturated rings. The zero-order valence-corrected chi connectivity index (χ0v) is 11.3. The summed E-state index contributed by atoms with van der Waals surface area (Å²) in [5.74, 6) is 0.167. The van der Waals surface area contributed by atoms with Gasteiger partial charge in [-0.05, 0) is 12.1 Å². The lowest BCUT2D eigenvalue weighted by molar-refractivity contribution is -0.753. The number of carbonyl (C=O) groups is 1. The fourth-order valence-corrected chi connectivity index (χ4v) is 3.63. The number of carbonyl (C=O) groups excluding carboxylic acids is 1. The van der Waals surface area contributed by atoms with Gasteiger partial charge < -0.3 is 5.32 Å². The molecule has 0 radical (unpaired) electrons. The Kier molecular flexibility index (Phi) is 2.44. The number of hydrogen-bond donors (Lipinski definition) is 1. The second-order valence-corrected chi connectivity index (χ2v) is 5.48. The molecule has 100 valence electrons. The Balaban J connectivity index is 2.01. The number of amides is 1. The Hall–Kier alpha value is -2.13. The van der Waals surface area contributed by atoms with E-state index in [0.29, 0.717) is 0 Å². The maximum Gasteiger partial charge on any atom is 0.259 e. The molecule has 1 amide bonds. The zero-order chi connectivity index (χ0) is 13.6. The lowest BCUT2D eigenvalue weighted by Gasteiger charge is -2.40. The summed E-state index contributed by atoms with van der Waals surface area (Å²) in [6.07, 6.45) is 1.05. The maximum atomic E-state index is 12.7. The first-order valence-corrected chi connectivity index (χ1v) is 7.15. The quantitative estimate of drug-likeness (QED) is 0.829. The van der Waals surface area contributed by atoms with Crippen LogP contribution in [0.25, 0.3) is 0 Å². The second kappa shape index (κ2) is 4.18. The van der Waals surface area contributed by atoms with Crippen molar-refractivity contribution in [2.24, 2.45) is 0 Å². The maximum absolute atomic E-state index is 12.7. The van der Waals surface area contributed by atoms with Gasteiger partial charge in [-0.3, -0.25) is 9.69 Å². The summed E-state index contributed by atoms with van der Waals surface area (Å²) in [4.78, 5) is 14.8. The standard InChI is InChI=1S/C17H16N2O/c20-16-14-9-4-5-10-15(14)17(13-7-2-1-3-8-13)18-11-6-12-19(16)17/h1-5,7-10,18H,6,11-12H2/p+1/t17-/m1/s1. The van der Waals surface area contributed by atoms with E-state index >= 15 is 0 Å². The van der Waals surface area contributed by atoms with E-state index < -0.39 is 0 Å². The van der Waals surface area contributed by atoms with E-state index in [0.717, 1.165) is 30.6 Å². The minimum atomic E-state index is -0.354. The molecule has 0 saturated carbocycles. The molecule has 3 nitrogen and oxygen atoms in total. The van der Waals surface area contributed by atoms with Crippen LogP contribution < -0.4 is 5.32 Å². The average molecular weight is 265 g/mol. The smallest absolute Gasteiger partial charge is 0.259 e. The normalized spacial score (nSPS) is 24.4. The Morgan fingerprint density at radius 3 is 2.60 bits per heavy atom. The van der Waals surface area contributed by atoms with E-state index in [2.05, 4.69) is 35.6 Å². The molecule has 2 heterocycles. The van der Waals surface area contributed by atoms with Crippen LogP contribution in [0.2, 0.25) is 0 Å². The lowest BCUT2D eigenvalue weighted by atomic mass is 9.89. The third-order valence-electron chi connectivity index (χ3n) is 4.48. The number of nitrogens with two attached hydrogens (primary N) is 1. The van der Waals surface area contributed by atoms with Crippen molar-refractivity contribution < 1.29 is 10.1 Å². The molecular formula is C17H17N2O+. The van der Waals surface area contributed by atoms with Gasteiger partial charge in [0.1, 0.15) is 0 Å². The minimum absolute atomic E-state index is 0.167. The van der Waals surface area contributed by atoms with Crippen molar-refractivity contribution in [3.8, 4) is 0 Å². The highest BCUT2D eigenvalue weighted by molar-refractivity contribution is 6.00. The summed E-state index contributed by atoms with van der Waals surface area (Å²) in [7, 11) is 0. The minimum Gasteiger partial charge on any atom is -0.316 e. The molecular weight excluding hydrogens is 248 g/mol. The van der Waals surface area contributed by atoms with Crippen molar-refractivity contribution in [1.29, 1.82) is 0 Å². The number of nitrogens with zero attached hydrogens (tertiary/aromatic N) is 1. The Bertz CT molecular complexity index is 668. The molecule has 2 N–H and O–H groups in total. The highest BCUT2D eigenvalue weighted by Crippen LogP contribution is 2.40. The van der Waals surface area contributed by atoms with Crippen LogP contribution in [0.4, 0.5) is 0 Å². The first-order chi connectivity index (χ1) is 9.84. The van der Waals surface area contributed by atoms with Crippen molar-refractivity contribution in [1.82, 2.24) is 4.90 Å². The van der Waals surface area contributed by atoms with Crippen LogP contribution >= 0.6 is 0 Å². The van der Waals surface area contributed by atoms with E-state index in [1.165, 1.54) is 5.56 Å². The predicted octanol–water partition coefficient (Wildman–Crippen LogP) is 1.31. The van der Waals surface area contributed by atoms with Gasteiger partial charge in [0.15, 0.2) is 0 Å². The molecule has 0 unspecified atom stereocenters. The molecule has 3 heteroatoms. The number of fused-ring (bicyclic) bond motifs is 3. The van der Waals surface area contributed by atoms with Crippen LogP contribution in [0, 0.1) is 0 Å². The van der Waals surface area contributed by atoms with Gasteiger partial charge in [0, 0.05) is 18.5 Å². The first-order valence-electron chi connectivity index (χ1n) is 7.15. The molecule has 2 aliphatic heterocycles. The molecule has 2 aromatic rings. The van der Waals surface area contributed by atoms with Crippen LogP contribution in [0.1, 0.15) is 27.9 Å². The van der Waals surface area contributed by atoms with Gasteiger partial charge in [-0.2, -0.15) is 0 Å². The van der Waals surface area contributed by atoms with Crippen LogP contribution in [0.3, 0.4) is 0 Å². The highest BCUT2D eigenvalue weighted by Gasteiger charge is 2.55. The molecule has 1 saturated heterocycles. The Labute approximate surface area is 118 Å². The molecule has 0 bridgehead atoms. The second-order valence-electron chi connectivity index (χ2n) is 5.48. The summed E-state index contributed by atoms with van der Waals surface area (Å²) in [6, 6.07) is 18.4. The van der Waals surface area contributed by atoms with Crippen LogP contribution in [-0.2, 0) is 5.66 Å². The van der Waals surface area contributed by atoms with Gasteiger partial charge in [0.2, 0.25) is 5.66 Å². The van der Waals surface area contributed by atoms with Gasteiger partial charge in [0.25, 0.3) is 5.91 Å². The van der Waals surface area contributed by atoms with Crippen LogP contribution in [-0.4, -0.2) is 23.9 Å². The summed E-state index contributed by atoms with van der Waals surface area (Å²) in [5, 5.41) is 2.32. The average Bonchev–Trinajstić information content (AvgIpc) is 2.80. The van der Waals surface area contributed by atoms with E-state index in [1.54, 1.807) is 0 Å². The fourth-order valence-electron chi connectivity index (χ4n) is 3.63. The van der Waals surface area contributed by atoms with Crippen molar-refractivity contribution in [2.75, 3.05) is 13.1 Å². The summed E-state index contributed by atoms with van der Waals surface area (Å²) < 4.78 is 0. The van der Waals surface area contributed by atoms with E-state index in [4.69, 9.17) is 0 Å². The molecule has 0 aliphatic carbocycles. The molecule has 20 heavy (non-hydrogen) atoms. The van der Waals surface area contributed by atoms with E-state index in [9.17, 15) is 4.79 Å². The molecule has 4 rings (SSSR count). The summed E-state index contributed by atoms with van der Waals surface area (Å²) in [6.45, 7) is 1.88. The van der Waals surface area contributed by atoms with Crippen molar-refractivity contribution in [3.05, 3.63) is 71.3 Å². The van der Waals surface area contributed by atoms with Crippen molar-refractivity contribution in [3.63, 3.8) is 0 Å². The zero-order valence-electron chi connectivity index (χ0n) is 11.3. The van der Waals surface area contributed by atoms with Gasteiger partial charge in [0.05, 0.1) is 17.7 Å². The Morgan fingerprint density at radius 2 is 1.75 bits per heavy atom. The summed E-state index contributed by atoms with van der Waals surface area (Å²) in [5.41, 5.74) is 2.83. The molecule has 1 atom stereocenters. The lowest BCUT2D eigenvalue weighted by Crippen LogP contribution is -3.00. The largest absolute Gasteiger partial charge is 0.316 e. The van der Waals surface area contributed by atoms with Gasteiger partial charge >= 0.3 is 0 Å². The fraction of sp³-hybridized carbons (Fsp3) is 0.235. The molecule has 2 aliphatic rings. The monoisotopic (exact) mass is 265 g/mol. The highest BCUT2D eigenvalue weighted by atomic mass is 16.2. The van der Waals surface area contributed by atoms with Crippen molar-refractivity contribution in [2.45, 2.75) is 12.1 Å². The van der Waals surface area contributed by atoms with E-state index in [-0.39, 0.29) is 11.6 Å². The third-order valence-corrected chi connectivity index (χ3v) is 4.48. The third kappa shape index (κ3) is 1.36. The van der Waals surface area contributed by atoms with E-state index in [1.807, 2.05) is 29.2 Å². The number of rotatable bonds is 1. The molecule has 0 spiro atoms. The SMILES string of the molecule is O=C1c2ccccc2[C@]2(c3ccccc3)[NH2+]CCCN12. The molecule has 0 aromatic heterocycles. The van der Waals surface area contributed by atoms with Crippen molar-refractivity contribution >= 4 is 5.91 Å². The van der Waals surface area contributed by atoms with Gasteiger partial charge in [-0.25, -0.2) is 0 Å². The van der Waals surface area contributed by atoms with Gasteiger partial charge in [-0.15, -0.1) is 0 Å². The summed E-state index contributed by atoms with van der Waals surface area (Å²) >= 11 is 0. The number of quaternary nitrogens is 1. The number of hydrogen-bond acceptors (Lipinski definition) is 1. The molecule has 2 aromatic carbocycles. The number of benzene rings is 2.